The van der Waals surface area contributed by atoms with Crippen molar-refractivity contribution in [2.75, 3.05) is 7.05 Å². The summed E-state index contributed by atoms with van der Waals surface area (Å²) < 4.78 is 0. The second-order valence-corrected chi connectivity index (χ2v) is 6.25. The Labute approximate surface area is 147 Å². The van der Waals surface area contributed by atoms with Crippen molar-refractivity contribution < 1.29 is 9.59 Å². The Morgan fingerprint density at radius 3 is 2.64 bits per heavy atom. The number of likely N-dealkylation sites (N-methyl/N-ethyl adjacent to an activating group) is 1. The minimum atomic E-state index is -0.498. The van der Waals surface area contributed by atoms with Crippen molar-refractivity contribution in [2.45, 2.75) is 13.1 Å². The van der Waals surface area contributed by atoms with Crippen LogP contribution in [0.3, 0.4) is 0 Å². The molecule has 0 bridgehead atoms. The molecule has 3 rings (SSSR count). The monoisotopic (exact) mass is 356 g/mol. The number of rotatable bonds is 6. The molecule has 0 aliphatic heterocycles. The molecule has 3 aromatic rings. The van der Waals surface area contributed by atoms with Gasteiger partial charge in [0, 0.05) is 24.7 Å². The van der Waals surface area contributed by atoms with E-state index in [1.165, 1.54) is 4.80 Å². The van der Waals surface area contributed by atoms with E-state index in [0.717, 1.165) is 5.56 Å². The van der Waals surface area contributed by atoms with E-state index in [0.29, 0.717) is 23.5 Å². The zero-order valence-electron chi connectivity index (χ0n) is 13.5. The topological polar surface area (TPSA) is 107 Å². The summed E-state index contributed by atoms with van der Waals surface area (Å²) >= 11 is 1.59. The van der Waals surface area contributed by atoms with Crippen LogP contribution in [0.2, 0.25) is 0 Å². The summed E-state index contributed by atoms with van der Waals surface area (Å²) in [7, 11) is 1.74. The predicted octanol–water partition coefficient (Wildman–Crippen LogP) is 1.16. The van der Waals surface area contributed by atoms with Crippen LogP contribution in [0.15, 0.2) is 41.1 Å². The number of hydrogen-bond acceptors (Lipinski definition) is 6. The molecule has 9 heteroatoms. The van der Waals surface area contributed by atoms with Crippen molar-refractivity contribution >= 4 is 23.2 Å². The molecule has 128 valence electrons. The fraction of sp³-hybridized carbons (Fsp3) is 0.188. The van der Waals surface area contributed by atoms with Gasteiger partial charge >= 0.3 is 0 Å². The number of benzene rings is 1. The Kier molecular flexibility index (Phi) is 4.85. The fourth-order valence-electron chi connectivity index (χ4n) is 2.20. The third-order valence-corrected chi connectivity index (χ3v) is 4.31. The normalized spacial score (nSPS) is 10.6. The van der Waals surface area contributed by atoms with Crippen LogP contribution in [0.5, 0.6) is 0 Å². The highest BCUT2D eigenvalue weighted by Gasteiger charge is 2.13. The molecule has 2 N–H and O–H groups in total. The Bertz CT molecular complexity index is 872. The van der Waals surface area contributed by atoms with Crippen molar-refractivity contribution in [3.63, 3.8) is 0 Å². The molecule has 0 saturated carbocycles. The van der Waals surface area contributed by atoms with Crippen molar-refractivity contribution in [3.05, 3.63) is 52.2 Å². The van der Waals surface area contributed by atoms with E-state index in [2.05, 4.69) is 15.4 Å². The minimum absolute atomic E-state index is 0.00695. The lowest BCUT2D eigenvalue weighted by molar-refractivity contribution is -0.131. The van der Waals surface area contributed by atoms with Crippen molar-refractivity contribution in [3.8, 4) is 11.4 Å². The van der Waals surface area contributed by atoms with Crippen LogP contribution in [-0.4, -0.2) is 44.0 Å². The lowest BCUT2D eigenvalue weighted by Gasteiger charge is -2.15. The predicted molar refractivity (Wildman–Crippen MR) is 92.6 cm³/mol. The van der Waals surface area contributed by atoms with Gasteiger partial charge in [-0.1, -0.05) is 12.1 Å². The number of nitrogens with two attached hydrogens (primary N) is 1. The van der Waals surface area contributed by atoms with E-state index in [-0.39, 0.29) is 12.5 Å². The SMILES string of the molecule is CN(Cc1ccsc1)C(=O)Cn1nnc(-c2ccc(C(N)=O)cc2)n1. The standard InChI is InChI=1S/C16H16N6O2S/c1-21(8-11-6-7-25-10-11)14(23)9-22-19-16(18-20-22)13-4-2-12(3-5-13)15(17)24/h2-7,10H,8-9H2,1H3,(H2,17,24). The molecule has 2 amide bonds. The molecule has 0 fully saturated rings. The molecule has 0 atom stereocenters. The number of tetrazole rings is 1. The summed E-state index contributed by atoms with van der Waals surface area (Å²) in [5.41, 5.74) is 7.39. The van der Waals surface area contributed by atoms with Crippen LogP contribution in [0.25, 0.3) is 11.4 Å². The molecule has 1 aromatic carbocycles. The molecule has 0 unspecified atom stereocenters. The number of carbonyl (C=O) groups is 2. The van der Waals surface area contributed by atoms with E-state index in [4.69, 9.17) is 5.73 Å². The molecule has 0 spiro atoms. The quantitative estimate of drug-likeness (QED) is 0.713. The number of thiophene rings is 1. The third-order valence-electron chi connectivity index (χ3n) is 3.58. The summed E-state index contributed by atoms with van der Waals surface area (Å²) in [6.07, 6.45) is 0. The first-order valence-electron chi connectivity index (χ1n) is 7.46. The van der Waals surface area contributed by atoms with Gasteiger partial charge in [0.1, 0.15) is 6.54 Å². The maximum Gasteiger partial charge on any atom is 0.248 e. The number of primary amides is 1. The molecule has 25 heavy (non-hydrogen) atoms. The molecule has 2 aromatic heterocycles. The maximum absolute atomic E-state index is 12.3. The number of nitrogens with zero attached hydrogens (tertiary/aromatic N) is 5. The van der Waals surface area contributed by atoms with Gasteiger partial charge in [0.05, 0.1) is 0 Å². The number of carbonyl (C=O) groups excluding carboxylic acids is 2. The highest BCUT2D eigenvalue weighted by molar-refractivity contribution is 7.07. The lowest BCUT2D eigenvalue weighted by atomic mass is 10.1. The Hall–Kier alpha value is -3.07. The first-order valence-corrected chi connectivity index (χ1v) is 8.40. The third kappa shape index (κ3) is 4.07. The summed E-state index contributed by atoms with van der Waals surface area (Å²) in [4.78, 5) is 26.2. The van der Waals surface area contributed by atoms with Gasteiger partial charge in [-0.25, -0.2) is 0 Å². The summed E-state index contributed by atoms with van der Waals surface area (Å²) in [5.74, 6) is -0.231. The van der Waals surface area contributed by atoms with Gasteiger partial charge in [0.25, 0.3) is 0 Å². The smallest absolute Gasteiger partial charge is 0.248 e. The molecule has 0 aliphatic carbocycles. The first-order chi connectivity index (χ1) is 12.0. The van der Waals surface area contributed by atoms with Gasteiger partial charge in [0.15, 0.2) is 0 Å². The first kappa shape index (κ1) is 16.8. The number of hydrogen-bond donors (Lipinski definition) is 1. The van der Waals surface area contributed by atoms with Crippen molar-refractivity contribution in [2.24, 2.45) is 5.73 Å². The Balaban J connectivity index is 1.64. The molecule has 2 heterocycles. The van der Waals surface area contributed by atoms with Crippen LogP contribution in [-0.2, 0) is 17.9 Å². The van der Waals surface area contributed by atoms with Crippen LogP contribution in [0.1, 0.15) is 15.9 Å². The molecule has 8 nitrogen and oxygen atoms in total. The molecule has 0 aliphatic rings. The average molecular weight is 356 g/mol. The molecular formula is C16H16N6O2S. The van der Waals surface area contributed by atoms with Crippen LogP contribution >= 0.6 is 11.3 Å². The van der Waals surface area contributed by atoms with Gasteiger partial charge in [-0.3, -0.25) is 9.59 Å². The van der Waals surface area contributed by atoms with Crippen molar-refractivity contribution in [1.29, 1.82) is 0 Å². The van der Waals surface area contributed by atoms with Gasteiger partial charge in [-0.2, -0.15) is 16.1 Å². The minimum Gasteiger partial charge on any atom is -0.366 e. The van der Waals surface area contributed by atoms with Crippen LogP contribution < -0.4 is 5.73 Å². The Morgan fingerprint density at radius 1 is 1.24 bits per heavy atom. The Morgan fingerprint density at radius 2 is 2.00 bits per heavy atom. The second kappa shape index (κ2) is 7.22. The molecule has 0 saturated heterocycles. The van der Waals surface area contributed by atoms with Gasteiger partial charge in [-0.05, 0) is 39.7 Å². The van der Waals surface area contributed by atoms with Crippen LogP contribution in [0, 0.1) is 0 Å². The lowest BCUT2D eigenvalue weighted by Crippen LogP contribution is -2.30. The largest absolute Gasteiger partial charge is 0.366 e. The van der Waals surface area contributed by atoms with Crippen LogP contribution in [0.4, 0.5) is 0 Å². The average Bonchev–Trinajstić information content (AvgIpc) is 3.27. The van der Waals surface area contributed by atoms with Gasteiger partial charge < -0.3 is 10.6 Å². The summed E-state index contributed by atoms with van der Waals surface area (Å²) in [6.45, 7) is 0.547. The highest BCUT2D eigenvalue weighted by atomic mass is 32.1. The molecule has 0 radical (unpaired) electrons. The van der Waals surface area contributed by atoms with Crippen molar-refractivity contribution in [1.82, 2.24) is 25.1 Å². The summed E-state index contributed by atoms with van der Waals surface area (Å²) in [6, 6.07) is 8.55. The van der Waals surface area contributed by atoms with E-state index in [1.807, 2.05) is 16.8 Å². The second-order valence-electron chi connectivity index (χ2n) is 5.47. The van der Waals surface area contributed by atoms with Gasteiger partial charge in [0.2, 0.25) is 17.6 Å². The molecular weight excluding hydrogens is 340 g/mol. The van der Waals surface area contributed by atoms with Gasteiger partial charge in [-0.15, -0.1) is 10.2 Å². The zero-order chi connectivity index (χ0) is 17.8. The number of aromatic nitrogens is 4. The number of amides is 2. The van der Waals surface area contributed by atoms with E-state index in [9.17, 15) is 9.59 Å². The fourth-order valence-corrected chi connectivity index (χ4v) is 2.86. The van der Waals surface area contributed by atoms with E-state index >= 15 is 0 Å². The summed E-state index contributed by atoms with van der Waals surface area (Å²) in [5, 5.41) is 16.0. The van der Waals surface area contributed by atoms with E-state index < -0.39 is 5.91 Å². The highest BCUT2D eigenvalue weighted by Crippen LogP contribution is 2.14. The van der Waals surface area contributed by atoms with E-state index in [1.54, 1.807) is 47.5 Å². The zero-order valence-corrected chi connectivity index (χ0v) is 14.3. The maximum atomic E-state index is 12.3.